The summed E-state index contributed by atoms with van der Waals surface area (Å²) >= 11 is 0. The number of rotatable bonds is 16. The Morgan fingerprint density at radius 1 is 0.969 bits per heavy atom. The normalized spacial score (nSPS) is 22.9. The predicted octanol–water partition coefficient (Wildman–Crippen LogP) is 3.44. The molecule has 0 radical (unpaired) electrons. The molecule has 1 aliphatic rings. The first-order valence-electron chi connectivity index (χ1n) is 12.4. The Balaban J connectivity index is 1.59. The summed E-state index contributed by atoms with van der Waals surface area (Å²) in [5, 5.41) is 29.3. The molecule has 1 aromatic heterocycles. The summed E-state index contributed by atoms with van der Waals surface area (Å²) in [4.78, 5) is 12.4. The van der Waals surface area contributed by atoms with Crippen LogP contribution in [0.1, 0.15) is 101 Å². The van der Waals surface area contributed by atoms with Gasteiger partial charge in [-0.3, -0.25) is 0 Å². The number of hydrogen-bond acceptors (Lipinski definition) is 6. The highest BCUT2D eigenvalue weighted by Gasteiger charge is 2.48. The molecule has 3 N–H and O–H groups in total. The van der Waals surface area contributed by atoms with E-state index in [9.17, 15) is 20.1 Å². The lowest BCUT2D eigenvalue weighted by Crippen LogP contribution is -2.46. The number of ether oxygens (including phenoxy) is 2. The predicted molar refractivity (Wildman–Crippen MR) is 121 cm³/mol. The molecule has 2 heterocycles. The van der Waals surface area contributed by atoms with Gasteiger partial charge in [0.05, 0.1) is 13.2 Å². The Labute approximate surface area is 192 Å². The van der Waals surface area contributed by atoms with Crippen molar-refractivity contribution in [2.24, 2.45) is 0 Å². The molecule has 0 saturated carbocycles. The Kier molecular flexibility index (Phi) is 12.8. The zero-order valence-electron chi connectivity index (χ0n) is 19.5. The van der Waals surface area contributed by atoms with Gasteiger partial charge in [-0.2, -0.15) is 4.57 Å². The minimum atomic E-state index is -1.19. The van der Waals surface area contributed by atoms with Crippen molar-refractivity contribution in [1.82, 2.24) is 0 Å². The topological polar surface area (TPSA) is 100 Å². The summed E-state index contributed by atoms with van der Waals surface area (Å²) in [5.41, 5.74) is 0.351. The van der Waals surface area contributed by atoms with Crippen molar-refractivity contribution in [3.8, 4) is 0 Å². The second-order valence-corrected chi connectivity index (χ2v) is 8.79. The van der Waals surface area contributed by atoms with E-state index in [1.54, 1.807) is 18.3 Å². The largest absolute Gasteiger partial charge is 0.462 e. The van der Waals surface area contributed by atoms with Gasteiger partial charge in [0.15, 0.2) is 18.5 Å². The molecule has 182 valence electrons. The third-order valence-electron chi connectivity index (χ3n) is 6.10. The molecule has 32 heavy (non-hydrogen) atoms. The maximum absolute atomic E-state index is 12.4. The van der Waals surface area contributed by atoms with Crippen molar-refractivity contribution in [3.05, 3.63) is 30.1 Å². The van der Waals surface area contributed by atoms with Gasteiger partial charge < -0.3 is 24.8 Å². The molecule has 0 aromatic carbocycles. The molecule has 0 amide bonds. The first-order valence-corrected chi connectivity index (χ1v) is 12.4. The van der Waals surface area contributed by atoms with Crippen LogP contribution in [0.25, 0.3) is 0 Å². The minimum absolute atomic E-state index is 0.351. The van der Waals surface area contributed by atoms with Crippen molar-refractivity contribution in [1.29, 1.82) is 0 Å². The highest BCUT2D eigenvalue weighted by Crippen LogP contribution is 2.25. The average Bonchev–Trinajstić information content (AvgIpc) is 3.10. The smallest absolute Gasteiger partial charge is 0.344 e. The van der Waals surface area contributed by atoms with Crippen molar-refractivity contribution in [2.75, 3.05) is 13.2 Å². The fraction of sp³-hybridized carbons (Fsp3) is 0.760. The fourth-order valence-electron chi connectivity index (χ4n) is 4.09. The fourth-order valence-corrected chi connectivity index (χ4v) is 4.09. The molecule has 7 nitrogen and oxygen atoms in total. The SMILES string of the molecule is CCCCCCCCCCCCCCOC(=O)c1ccc[n+]([C@@H]2O[C@H](CO)[C@@H](O)[C@H]2O)c1. The van der Waals surface area contributed by atoms with Gasteiger partial charge in [-0.15, -0.1) is 0 Å². The number of unbranched alkanes of at least 4 members (excludes halogenated alkanes) is 11. The molecule has 1 aliphatic heterocycles. The Hall–Kier alpha value is -1.54. The standard InChI is InChI=1S/C25H42NO6/c1-2-3-4-5-6-7-8-9-10-11-12-13-17-31-25(30)20-15-14-16-26(18-20)24-23(29)22(28)21(19-27)32-24/h14-16,18,21-24,27-29H,2-13,17,19H2,1H3/q+1/t21-,22-,23-,24-/m1/s1. The number of nitrogens with zero attached hydrogens (tertiary/aromatic N) is 1. The summed E-state index contributed by atoms with van der Waals surface area (Å²) < 4.78 is 12.4. The molecule has 4 atom stereocenters. The second kappa shape index (κ2) is 15.3. The van der Waals surface area contributed by atoms with E-state index in [0.29, 0.717) is 12.2 Å². The van der Waals surface area contributed by atoms with Gasteiger partial charge in [-0.25, -0.2) is 4.79 Å². The molecule has 1 saturated heterocycles. The lowest BCUT2D eigenvalue weighted by molar-refractivity contribution is -0.765. The lowest BCUT2D eigenvalue weighted by atomic mass is 10.1. The zero-order chi connectivity index (χ0) is 23.2. The number of carbonyl (C=O) groups excluding carboxylic acids is 1. The number of hydrogen-bond donors (Lipinski definition) is 3. The van der Waals surface area contributed by atoms with Gasteiger partial charge in [0, 0.05) is 6.07 Å². The molecule has 1 fully saturated rings. The van der Waals surface area contributed by atoms with Crippen LogP contribution >= 0.6 is 0 Å². The van der Waals surface area contributed by atoms with Crippen LogP contribution in [-0.2, 0) is 9.47 Å². The molecule has 1 aromatic rings. The maximum atomic E-state index is 12.4. The van der Waals surface area contributed by atoms with E-state index in [1.807, 2.05) is 0 Å². The first kappa shape index (κ1) is 26.7. The number of aromatic nitrogens is 1. The highest BCUT2D eigenvalue weighted by molar-refractivity contribution is 5.88. The van der Waals surface area contributed by atoms with Gasteiger partial charge in [-0.1, -0.05) is 77.6 Å². The van der Waals surface area contributed by atoms with Crippen LogP contribution < -0.4 is 4.57 Å². The van der Waals surface area contributed by atoms with Crippen molar-refractivity contribution in [3.63, 3.8) is 0 Å². The van der Waals surface area contributed by atoms with Gasteiger partial charge in [0.1, 0.15) is 17.8 Å². The van der Waals surface area contributed by atoms with E-state index in [4.69, 9.17) is 9.47 Å². The highest BCUT2D eigenvalue weighted by atomic mass is 16.6. The van der Waals surface area contributed by atoms with Crippen LogP contribution in [0.15, 0.2) is 24.5 Å². The van der Waals surface area contributed by atoms with E-state index in [1.165, 1.54) is 75.0 Å². The van der Waals surface area contributed by atoms with Crippen molar-refractivity contribution in [2.45, 2.75) is 109 Å². The van der Waals surface area contributed by atoms with Crippen LogP contribution in [0.5, 0.6) is 0 Å². The quantitative estimate of drug-likeness (QED) is 0.202. The van der Waals surface area contributed by atoms with E-state index in [0.717, 1.165) is 12.8 Å². The van der Waals surface area contributed by atoms with E-state index >= 15 is 0 Å². The number of aliphatic hydroxyl groups excluding tert-OH is 3. The van der Waals surface area contributed by atoms with Gasteiger partial charge in [-0.05, 0) is 12.5 Å². The molecule has 2 rings (SSSR count). The van der Waals surface area contributed by atoms with Gasteiger partial charge in [0.25, 0.3) is 6.23 Å². The summed E-state index contributed by atoms with van der Waals surface area (Å²) in [6, 6.07) is 3.30. The molecule has 7 heteroatoms. The summed E-state index contributed by atoms with van der Waals surface area (Å²) in [7, 11) is 0. The van der Waals surface area contributed by atoms with Crippen LogP contribution in [0, 0.1) is 0 Å². The van der Waals surface area contributed by atoms with E-state index in [-0.39, 0.29) is 0 Å². The van der Waals surface area contributed by atoms with E-state index < -0.39 is 37.1 Å². The van der Waals surface area contributed by atoms with Crippen LogP contribution in [0.2, 0.25) is 0 Å². The van der Waals surface area contributed by atoms with Crippen molar-refractivity contribution >= 4 is 5.97 Å². The second-order valence-electron chi connectivity index (χ2n) is 8.79. The van der Waals surface area contributed by atoms with Gasteiger partial charge in [0.2, 0.25) is 0 Å². The Bertz CT molecular complexity index is 655. The molecule has 0 spiro atoms. The third-order valence-corrected chi connectivity index (χ3v) is 6.10. The summed E-state index contributed by atoms with van der Waals surface area (Å²) in [6.07, 6.45) is 14.1. The Morgan fingerprint density at radius 3 is 2.12 bits per heavy atom. The molecule has 0 bridgehead atoms. The lowest BCUT2D eigenvalue weighted by Gasteiger charge is -2.10. The third kappa shape index (κ3) is 8.77. The number of carbonyl (C=O) groups is 1. The van der Waals surface area contributed by atoms with Crippen LogP contribution in [0.3, 0.4) is 0 Å². The number of pyridine rings is 1. The van der Waals surface area contributed by atoms with E-state index in [2.05, 4.69) is 6.92 Å². The zero-order valence-corrected chi connectivity index (χ0v) is 19.5. The molecule has 0 unspecified atom stereocenters. The van der Waals surface area contributed by atoms with Crippen LogP contribution in [0.4, 0.5) is 0 Å². The number of aliphatic hydroxyl groups is 3. The monoisotopic (exact) mass is 452 g/mol. The molecular weight excluding hydrogens is 410 g/mol. The summed E-state index contributed by atoms with van der Waals surface area (Å²) in [6.45, 7) is 2.24. The molecular formula is C25H42NO6+. The number of esters is 1. The molecule has 0 aliphatic carbocycles. The Morgan fingerprint density at radius 2 is 1.56 bits per heavy atom. The minimum Gasteiger partial charge on any atom is -0.462 e. The summed E-state index contributed by atoms with van der Waals surface area (Å²) in [5.74, 6) is -0.422. The average molecular weight is 453 g/mol. The first-order chi connectivity index (χ1) is 15.6. The van der Waals surface area contributed by atoms with Gasteiger partial charge >= 0.3 is 5.97 Å². The maximum Gasteiger partial charge on any atom is 0.344 e. The van der Waals surface area contributed by atoms with Crippen LogP contribution in [-0.4, -0.2) is 52.8 Å². The van der Waals surface area contributed by atoms with Crippen molar-refractivity contribution < 1.29 is 34.2 Å².